The number of benzene rings is 2. The Bertz CT molecular complexity index is 1050. The van der Waals surface area contributed by atoms with E-state index >= 15 is 0 Å². The van der Waals surface area contributed by atoms with E-state index in [4.69, 9.17) is 23.2 Å². The summed E-state index contributed by atoms with van der Waals surface area (Å²) in [4.78, 5) is 42.1. The van der Waals surface area contributed by atoms with E-state index in [0.29, 0.717) is 45.4 Å². The van der Waals surface area contributed by atoms with Gasteiger partial charge in [0, 0.05) is 31.2 Å². The van der Waals surface area contributed by atoms with E-state index in [2.05, 4.69) is 15.5 Å². The number of likely N-dealkylation sites (tertiary alicyclic amines) is 1. The Labute approximate surface area is 209 Å². The number of amides is 3. The van der Waals surface area contributed by atoms with Crippen LogP contribution < -0.4 is 15.5 Å². The number of para-hydroxylation sites is 1. The molecule has 2 N–H and O–H groups in total. The summed E-state index contributed by atoms with van der Waals surface area (Å²) >= 11 is 12.2. The van der Waals surface area contributed by atoms with Crippen molar-refractivity contribution in [2.75, 3.05) is 24.7 Å². The number of carbonyl (C=O) groups is 3. The lowest BCUT2D eigenvalue weighted by Crippen LogP contribution is -2.57. The molecule has 0 saturated carbocycles. The molecule has 3 amide bonds. The quantitative estimate of drug-likeness (QED) is 0.628. The lowest BCUT2D eigenvalue weighted by atomic mass is 9.85. The number of rotatable bonds is 6. The van der Waals surface area contributed by atoms with Crippen molar-refractivity contribution in [1.29, 1.82) is 0 Å². The summed E-state index contributed by atoms with van der Waals surface area (Å²) in [5.41, 5.74) is 0.625. The average molecular weight is 503 g/mol. The number of anilines is 1. The molecule has 2 heterocycles. The molecule has 0 radical (unpaired) electrons. The van der Waals surface area contributed by atoms with Gasteiger partial charge in [0.05, 0.1) is 22.3 Å². The molecular weight excluding hydrogens is 475 g/mol. The first-order valence-electron chi connectivity index (χ1n) is 11.5. The summed E-state index contributed by atoms with van der Waals surface area (Å²) in [7, 11) is 0. The van der Waals surface area contributed by atoms with Gasteiger partial charge in [0.1, 0.15) is 5.54 Å². The Hall–Kier alpha value is -2.77. The Morgan fingerprint density at radius 2 is 1.71 bits per heavy atom. The summed E-state index contributed by atoms with van der Waals surface area (Å²) in [6, 6.07) is 14.6. The number of nitrogens with one attached hydrogen (secondary N) is 2. The molecule has 180 valence electrons. The molecule has 0 bridgehead atoms. The van der Waals surface area contributed by atoms with Crippen LogP contribution in [0, 0.1) is 0 Å². The first-order chi connectivity index (χ1) is 16.3. The van der Waals surface area contributed by atoms with E-state index in [1.807, 2.05) is 42.2 Å². The van der Waals surface area contributed by atoms with E-state index < -0.39 is 5.54 Å². The molecule has 34 heavy (non-hydrogen) atoms. The molecule has 0 aliphatic carbocycles. The van der Waals surface area contributed by atoms with Crippen molar-refractivity contribution >= 4 is 46.6 Å². The van der Waals surface area contributed by atoms with Crippen LogP contribution in [0.5, 0.6) is 0 Å². The number of halogens is 2. The number of carbonyl (C=O) groups excluding carboxylic acids is 3. The second-order valence-corrected chi connectivity index (χ2v) is 9.66. The van der Waals surface area contributed by atoms with Crippen LogP contribution in [0.2, 0.25) is 10.0 Å². The summed E-state index contributed by atoms with van der Waals surface area (Å²) in [6.07, 6.45) is 1.96. The number of hydrogen-bond acceptors (Lipinski definition) is 4. The Kier molecular flexibility index (Phi) is 7.33. The lowest BCUT2D eigenvalue weighted by Gasteiger charge is -2.43. The fraction of sp³-hybridized carbons (Fsp3) is 0.400. The van der Waals surface area contributed by atoms with Crippen molar-refractivity contribution in [3.8, 4) is 0 Å². The lowest BCUT2D eigenvalue weighted by molar-refractivity contribution is -0.135. The first kappa shape index (κ1) is 24.4. The zero-order valence-electron chi connectivity index (χ0n) is 19.0. The van der Waals surface area contributed by atoms with Gasteiger partial charge in [-0.25, -0.2) is 0 Å². The van der Waals surface area contributed by atoms with E-state index in [0.717, 1.165) is 5.69 Å². The maximum absolute atomic E-state index is 12.9. The van der Waals surface area contributed by atoms with Gasteiger partial charge in [-0.2, -0.15) is 0 Å². The van der Waals surface area contributed by atoms with Crippen molar-refractivity contribution in [1.82, 2.24) is 15.5 Å². The molecule has 2 saturated heterocycles. The minimum Gasteiger partial charge on any atom is -0.349 e. The molecule has 2 aliphatic rings. The van der Waals surface area contributed by atoms with Gasteiger partial charge in [-0.15, -0.1) is 0 Å². The topological polar surface area (TPSA) is 81.8 Å². The molecule has 1 atom stereocenters. The van der Waals surface area contributed by atoms with Crippen LogP contribution in [-0.2, 0) is 9.59 Å². The molecule has 2 fully saturated rings. The van der Waals surface area contributed by atoms with Gasteiger partial charge < -0.3 is 20.4 Å². The van der Waals surface area contributed by atoms with Crippen molar-refractivity contribution in [3.63, 3.8) is 0 Å². The average Bonchev–Trinajstić information content (AvgIpc) is 3.13. The zero-order valence-corrected chi connectivity index (χ0v) is 20.5. The fourth-order valence-electron chi connectivity index (χ4n) is 4.74. The van der Waals surface area contributed by atoms with Gasteiger partial charge in [0.25, 0.3) is 5.91 Å². The van der Waals surface area contributed by atoms with E-state index in [1.165, 1.54) is 0 Å². The summed E-state index contributed by atoms with van der Waals surface area (Å²) < 4.78 is 0. The largest absolute Gasteiger partial charge is 0.349 e. The molecule has 9 heteroatoms. The highest BCUT2D eigenvalue weighted by molar-refractivity contribution is 6.39. The molecule has 4 rings (SSSR count). The van der Waals surface area contributed by atoms with Crippen LogP contribution >= 0.6 is 23.2 Å². The standard InChI is InChI=1S/C25H28Cl2N4O3/c1-17(29-23(33)22-19(26)8-5-9-20(22)27)10-11-21(32)30-14-12-25(13-15-30)24(34)28-16-31(25)18-6-3-2-4-7-18/h2-9,17H,10-16H2,1H3,(H,28,34)(H,29,33)/t17-/m1/s1. The molecule has 2 aromatic rings. The van der Waals surface area contributed by atoms with Crippen LogP contribution in [0.15, 0.2) is 48.5 Å². The second-order valence-electron chi connectivity index (χ2n) is 8.85. The highest BCUT2D eigenvalue weighted by Gasteiger charge is 2.50. The third-order valence-electron chi connectivity index (χ3n) is 6.71. The van der Waals surface area contributed by atoms with Crippen LogP contribution in [0.1, 0.15) is 43.0 Å². The normalized spacial score (nSPS) is 18.0. The highest BCUT2D eigenvalue weighted by Crippen LogP contribution is 2.36. The van der Waals surface area contributed by atoms with Gasteiger partial charge in [-0.3, -0.25) is 14.4 Å². The van der Waals surface area contributed by atoms with Crippen molar-refractivity contribution in [2.45, 2.75) is 44.2 Å². The van der Waals surface area contributed by atoms with E-state index in [-0.39, 0.29) is 39.4 Å². The smallest absolute Gasteiger partial charge is 0.254 e. The van der Waals surface area contributed by atoms with Crippen molar-refractivity contribution in [3.05, 3.63) is 64.1 Å². The summed E-state index contributed by atoms with van der Waals surface area (Å²) in [5.74, 6) is -0.307. The number of piperidine rings is 1. The fourth-order valence-corrected chi connectivity index (χ4v) is 5.31. The minimum absolute atomic E-state index is 0.0244. The maximum Gasteiger partial charge on any atom is 0.254 e. The van der Waals surface area contributed by atoms with Gasteiger partial charge in [-0.1, -0.05) is 47.5 Å². The molecule has 0 unspecified atom stereocenters. The second kappa shape index (κ2) is 10.2. The van der Waals surface area contributed by atoms with Crippen molar-refractivity contribution in [2.24, 2.45) is 0 Å². The summed E-state index contributed by atoms with van der Waals surface area (Å²) in [6.45, 7) is 3.36. The Morgan fingerprint density at radius 3 is 2.35 bits per heavy atom. The predicted octanol–water partition coefficient (Wildman–Crippen LogP) is 3.85. The van der Waals surface area contributed by atoms with Crippen LogP contribution in [-0.4, -0.2) is 54.0 Å². The van der Waals surface area contributed by atoms with Gasteiger partial charge in [0.15, 0.2) is 0 Å². The van der Waals surface area contributed by atoms with Gasteiger partial charge in [-0.05, 0) is 50.5 Å². The SMILES string of the molecule is C[C@H](CCC(=O)N1CCC2(CC1)C(=O)NCN2c1ccccc1)NC(=O)c1c(Cl)cccc1Cl. The third-order valence-corrected chi connectivity index (χ3v) is 7.34. The summed E-state index contributed by atoms with van der Waals surface area (Å²) in [5, 5.41) is 6.42. The molecule has 1 spiro atoms. The first-order valence-corrected chi connectivity index (χ1v) is 12.2. The molecule has 0 aromatic heterocycles. The minimum atomic E-state index is -0.617. The predicted molar refractivity (Wildman–Crippen MR) is 133 cm³/mol. The van der Waals surface area contributed by atoms with Gasteiger partial charge in [0.2, 0.25) is 11.8 Å². The number of hydrogen-bond donors (Lipinski definition) is 2. The monoisotopic (exact) mass is 502 g/mol. The highest BCUT2D eigenvalue weighted by atomic mass is 35.5. The zero-order chi connectivity index (χ0) is 24.3. The van der Waals surface area contributed by atoms with E-state index in [1.54, 1.807) is 18.2 Å². The number of nitrogens with zero attached hydrogens (tertiary/aromatic N) is 2. The molecular formula is C25H28Cl2N4O3. The van der Waals surface area contributed by atoms with Gasteiger partial charge >= 0.3 is 0 Å². The molecule has 7 nitrogen and oxygen atoms in total. The molecule has 2 aliphatic heterocycles. The Morgan fingerprint density at radius 1 is 1.06 bits per heavy atom. The van der Waals surface area contributed by atoms with Crippen LogP contribution in [0.3, 0.4) is 0 Å². The maximum atomic E-state index is 12.9. The van der Waals surface area contributed by atoms with Crippen LogP contribution in [0.25, 0.3) is 0 Å². The Balaban J connectivity index is 1.30. The van der Waals surface area contributed by atoms with E-state index in [9.17, 15) is 14.4 Å². The molecule has 2 aromatic carbocycles. The van der Waals surface area contributed by atoms with Crippen molar-refractivity contribution < 1.29 is 14.4 Å². The van der Waals surface area contributed by atoms with Crippen LogP contribution in [0.4, 0.5) is 5.69 Å². The third kappa shape index (κ3) is 4.86.